The molecule has 0 spiro atoms. The van der Waals surface area contributed by atoms with Crippen LogP contribution in [0.2, 0.25) is 0 Å². The van der Waals surface area contributed by atoms with E-state index in [1.807, 2.05) is 0 Å². The molecule has 0 saturated carbocycles. The maximum absolute atomic E-state index is 13.1. The van der Waals surface area contributed by atoms with Gasteiger partial charge in [-0.25, -0.2) is 9.13 Å². The van der Waals surface area contributed by atoms with Crippen LogP contribution < -0.4 is 0 Å². The van der Waals surface area contributed by atoms with Crippen molar-refractivity contribution in [3.8, 4) is 0 Å². The molecule has 0 aliphatic heterocycles. The summed E-state index contributed by atoms with van der Waals surface area (Å²) in [7, 11) is -9.90. The van der Waals surface area contributed by atoms with Gasteiger partial charge in [0.2, 0.25) is 0 Å². The molecule has 17 nitrogen and oxygen atoms in total. The van der Waals surface area contributed by atoms with Gasteiger partial charge in [-0.2, -0.15) is 0 Å². The second-order valence-electron chi connectivity index (χ2n) is 27.3. The van der Waals surface area contributed by atoms with E-state index in [0.717, 1.165) is 109 Å². The molecule has 0 rings (SSSR count). The molecular formula is C75H146O17P2. The lowest BCUT2D eigenvalue weighted by Gasteiger charge is -2.21. The number of aliphatic hydroxyl groups is 1. The number of hydrogen-bond acceptors (Lipinski definition) is 15. The van der Waals surface area contributed by atoms with Crippen LogP contribution in [0.3, 0.4) is 0 Å². The molecule has 558 valence electrons. The third-order valence-corrected chi connectivity index (χ3v) is 19.8. The Hall–Kier alpha value is -1.94. The molecule has 19 heteroatoms. The average molecular weight is 1380 g/mol. The van der Waals surface area contributed by atoms with Crippen LogP contribution in [0.4, 0.5) is 0 Å². The van der Waals surface area contributed by atoms with Crippen molar-refractivity contribution >= 4 is 39.5 Å². The summed E-state index contributed by atoms with van der Waals surface area (Å²) in [5.74, 6) is -1.27. The molecule has 3 N–H and O–H groups in total. The van der Waals surface area contributed by atoms with Gasteiger partial charge in [0.1, 0.15) is 19.3 Å². The Morgan fingerprint density at radius 2 is 0.511 bits per heavy atom. The molecule has 0 radical (unpaired) electrons. The Bertz CT molecular complexity index is 1810. The van der Waals surface area contributed by atoms with Gasteiger partial charge < -0.3 is 33.8 Å². The van der Waals surface area contributed by atoms with Crippen LogP contribution in [-0.2, 0) is 65.4 Å². The zero-order valence-corrected chi connectivity index (χ0v) is 62.9. The second kappa shape index (κ2) is 68.2. The minimum absolute atomic E-state index is 0.107. The lowest BCUT2D eigenvalue weighted by molar-refractivity contribution is -0.161. The van der Waals surface area contributed by atoms with Crippen molar-refractivity contribution in [1.82, 2.24) is 0 Å². The highest BCUT2D eigenvalue weighted by Crippen LogP contribution is 2.45. The minimum atomic E-state index is -4.96. The highest BCUT2D eigenvalue weighted by molar-refractivity contribution is 7.47. The van der Waals surface area contributed by atoms with E-state index in [0.29, 0.717) is 25.7 Å². The predicted octanol–water partition coefficient (Wildman–Crippen LogP) is 22.1. The highest BCUT2D eigenvalue weighted by atomic mass is 31.2. The Labute approximate surface area is 575 Å². The van der Waals surface area contributed by atoms with Crippen LogP contribution in [-0.4, -0.2) is 96.7 Å². The number of unbranched alkanes of at least 4 members (excludes halogenated alkanes) is 46. The van der Waals surface area contributed by atoms with Gasteiger partial charge in [-0.05, 0) is 31.6 Å². The van der Waals surface area contributed by atoms with E-state index in [1.54, 1.807) is 0 Å². The molecule has 0 aromatic carbocycles. The number of carbonyl (C=O) groups is 4. The molecule has 94 heavy (non-hydrogen) atoms. The van der Waals surface area contributed by atoms with Gasteiger partial charge in [-0.15, -0.1) is 0 Å². The molecule has 6 atom stereocenters. The third kappa shape index (κ3) is 67.3. The van der Waals surface area contributed by atoms with Crippen LogP contribution in [0.15, 0.2) is 0 Å². The molecule has 0 bridgehead atoms. The van der Waals surface area contributed by atoms with Gasteiger partial charge in [0.25, 0.3) is 0 Å². The first-order chi connectivity index (χ1) is 45.6. The molecule has 3 unspecified atom stereocenters. The van der Waals surface area contributed by atoms with Crippen molar-refractivity contribution in [2.75, 3.05) is 39.6 Å². The summed E-state index contributed by atoms with van der Waals surface area (Å²) in [6, 6.07) is 0. The van der Waals surface area contributed by atoms with Crippen molar-refractivity contribution in [2.45, 2.75) is 412 Å². The summed E-state index contributed by atoms with van der Waals surface area (Å²) in [5, 5.41) is 10.6. The standard InChI is InChI=1S/C75H146O17P2/c1-6-10-13-16-19-21-23-24-25-26-27-28-32-36-39-44-49-54-59-73(78)86-65-71(92-75(80)61-56-51-46-41-37-33-30-29-31-35-38-43-47-52-57-68(5)9-4)67-90-94(83,84)88-63-69(76)62-87-93(81,82)89-66-70(64-85-72(77)58-53-48-42-18-15-12-8-3)91-74(79)60-55-50-45-40-34-22-20-17-14-11-7-2/h68-71,76H,6-67H2,1-5H3,(H,81,82)(H,83,84)/t68?,69-,70+,71+/m0/s1. The summed E-state index contributed by atoms with van der Waals surface area (Å²) in [5.41, 5.74) is 0. The van der Waals surface area contributed by atoms with E-state index in [4.69, 9.17) is 37.0 Å². The zero-order chi connectivity index (χ0) is 69.1. The lowest BCUT2D eigenvalue weighted by Crippen LogP contribution is -2.30. The molecule has 0 fully saturated rings. The summed E-state index contributed by atoms with van der Waals surface area (Å²) in [6.07, 6.45) is 56.9. The molecule has 0 aromatic heterocycles. The number of carbonyl (C=O) groups excluding carboxylic acids is 4. The monoisotopic (exact) mass is 1380 g/mol. The van der Waals surface area contributed by atoms with Gasteiger partial charge >= 0.3 is 39.5 Å². The van der Waals surface area contributed by atoms with Gasteiger partial charge in [0.15, 0.2) is 12.2 Å². The van der Waals surface area contributed by atoms with Crippen LogP contribution >= 0.6 is 15.6 Å². The van der Waals surface area contributed by atoms with E-state index in [1.165, 1.54) is 205 Å². The maximum Gasteiger partial charge on any atom is 0.472 e. The smallest absolute Gasteiger partial charge is 0.462 e. The van der Waals surface area contributed by atoms with E-state index >= 15 is 0 Å². The van der Waals surface area contributed by atoms with Crippen molar-refractivity contribution in [1.29, 1.82) is 0 Å². The number of rotatable bonds is 75. The quantitative estimate of drug-likeness (QED) is 0.0222. The lowest BCUT2D eigenvalue weighted by atomic mass is 9.99. The van der Waals surface area contributed by atoms with Crippen molar-refractivity contribution in [3.63, 3.8) is 0 Å². The van der Waals surface area contributed by atoms with Crippen LogP contribution in [0, 0.1) is 5.92 Å². The van der Waals surface area contributed by atoms with Crippen LogP contribution in [0.1, 0.15) is 394 Å². The van der Waals surface area contributed by atoms with E-state index in [-0.39, 0.29) is 25.7 Å². The van der Waals surface area contributed by atoms with E-state index < -0.39 is 97.5 Å². The number of phosphoric acid groups is 2. The van der Waals surface area contributed by atoms with Crippen LogP contribution in [0.5, 0.6) is 0 Å². The summed E-state index contributed by atoms with van der Waals surface area (Å²) >= 11 is 0. The molecular weight excluding hydrogens is 1230 g/mol. The second-order valence-corrected chi connectivity index (χ2v) is 30.2. The summed E-state index contributed by atoms with van der Waals surface area (Å²) in [4.78, 5) is 72.6. The van der Waals surface area contributed by atoms with Gasteiger partial charge in [-0.3, -0.25) is 37.3 Å². The van der Waals surface area contributed by atoms with Crippen LogP contribution in [0.25, 0.3) is 0 Å². The molecule has 0 saturated heterocycles. The van der Waals surface area contributed by atoms with Gasteiger partial charge in [0.05, 0.1) is 26.4 Å². The minimum Gasteiger partial charge on any atom is -0.462 e. The Kier molecular flexibility index (Phi) is 66.8. The fourth-order valence-corrected chi connectivity index (χ4v) is 13.1. The third-order valence-electron chi connectivity index (χ3n) is 17.9. The highest BCUT2D eigenvalue weighted by Gasteiger charge is 2.30. The molecule has 0 aliphatic carbocycles. The zero-order valence-electron chi connectivity index (χ0n) is 61.1. The van der Waals surface area contributed by atoms with Crippen molar-refractivity contribution < 1.29 is 80.2 Å². The van der Waals surface area contributed by atoms with Crippen molar-refractivity contribution in [3.05, 3.63) is 0 Å². The number of hydrogen-bond donors (Lipinski definition) is 3. The predicted molar refractivity (Wildman–Crippen MR) is 382 cm³/mol. The van der Waals surface area contributed by atoms with Gasteiger partial charge in [0, 0.05) is 25.7 Å². The first-order valence-corrected chi connectivity index (χ1v) is 42.2. The average Bonchev–Trinajstić information content (AvgIpc) is 3.70. The Morgan fingerprint density at radius 1 is 0.298 bits per heavy atom. The normalized spacial score (nSPS) is 14.3. The topological polar surface area (TPSA) is 237 Å². The number of esters is 4. The Morgan fingerprint density at radius 3 is 0.755 bits per heavy atom. The van der Waals surface area contributed by atoms with E-state index in [2.05, 4.69) is 34.6 Å². The maximum atomic E-state index is 13.1. The number of phosphoric ester groups is 2. The van der Waals surface area contributed by atoms with Gasteiger partial charge in [-0.1, -0.05) is 343 Å². The molecule has 0 aliphatic rings. The first-order valence-electron chi connectivity index (χ1n) is 39.2. The first kappa shape index (κ1) is 92.1. The number of aliphatic hydroxyl groups excluding tert-OH is 1. The fourth-order valence-electron chi connectivity index (χ4n) is 11.5. The fraction of sp³-hybridized carbons (Fsp3) is 0.947. The SMILES string of the molecule is CCCCCCCCCCCCCCCCCCCCC(=O)OC[C@H](COP(=O)(O)OC[C@@H](O)COP(=O)(O)OC[C@@H](COC(=O)CCCCCCCCC)OC(=O)CCCCCCCCCCCCC)OC(=O)CCCCCCCCCCCCCCCCC(C)CC. The summed E-state index contributed by atoms with van der Waals surface area (Å²) in [6.45, 7) is 7.30. The Balaban J connectivity index is 5.18. The molecule has 0 heterocycles. The molecule has 0 amide bonds. The van der Waals surface area contributed by atoms with E-state index in [9.17, 15) is 43.2 Å². The number of ether oxygens (including phenoxy) is 4. The largest absolute Gasteiger partial charge is 0.472 e. The van der Waals surface area contributed by atoms with Crippen molar-refractivity contribution in [2.24, 2.45) is 5.92 Å². The molecule has 0 aromatic rings. The summed E-state index contributed by atoms with van der Waals surface area (Å²) < 4.78 is 68.4.